The molecule has 5 heteroatoms. The number of amides is 1. The second-order valence-corrected chi connectivity index (χ2v) is 5.47. The van der Waals surface area contributed by atoms with Crippen molar-refractivity contribution in [1.29, 1.82) is 0 Å². The lowest BCUT2D eigenvalue weighted by Gasteiger charge is -2.26. The molecule has 2 atom stereocenters. The van der Waals surface area contributed by atoms with Gasteiger partial charge < -0.3 is 4.98 Å². The van der Waals surface area contributed by atoms with E-state index in [1.165, 1.54) is 0 Å². The number of benzene rings is 1. The number of rotatable bonds is 1. The van der Waals surface area contributed by atoms with Crippen LogP contribution in [0, 0.1) is 0 Å². The van der Waals surface area contributed by atoms with E-state index in [2.05, 4.69) is 15.0 Å². The summed E-state index contributed by atoms with van der Waals surface area (Å²) in [4.78, 5) is 36.3. The molecule has 22 heavy (non-hydrogen) atoms. The molecular weight excluding hydrogens is 278 g/mol. The van der Waals surface area contributed by atoms with E-state index in [9.17, 15) is 9.59 Å². The van der Waals surface area contributed by atoms with Gasteiger partial charge in [-0.2, -0.15) is 0 Å². The van der Waals surface area contributed by atoms with Crippen LogP contribution in [0.2, 0.25) is 0 Å². The summed E-state index contributed by atoms with van der Waals surface area (Å²) < 4.78 is 0. The highest BCUT2D eigenvalue weighted by atomic mass is 16.2. The van der Waals surface area contributed by atoms with Crippen molar-refractivity contribution in [3.8, 4) is 0 Å². The Morgan fingerprint density at radius 1 is 1.05 bits per heavy atom. The molecule has 2 heterocycles. The molecular formula is C17H13N3O2. The monoisotopic (exact) mass is 291 g/mol. The summed E-state index contributed by atoms with van der Waals surface area (Å²) in [6, 6.07) is 10.8. The molecule has 0 saturated heterocycles. The number of aromatic amines is 1. The average Bonchev–Trinajstić information content (AvgIpc) is 3.00. The van der Waals surface area contributed by atoms with E-state index >= 15 is 0 Å². The van der Waals surface area contributed by atoms with E-state index in [-0.39, 0.29) is 11.7 Å². The van der Waals surface area contributed by atoms with E-state index in [0.29, 0.717) is 11.4 Å². The first-order valence-corrected chi connectivity index (χ1v) is 7.14. The van der Waals surface area contributed by atoms with E-state index in [1.807, 2.05) is 36.4 Å². The molecule has 0 spiro atoms. The third-order valence-corrected chi connectivity index (χ3v) is 4.08. The first-order valence-electron chi connectivity index (χ1n) is 7.14. The number of hydrogen-bond donors (Lipinski definition) is 1. The summed E-state index contributed by atoms with van der Waals surface area (Å²) in [6.07, 6.45) is 1.77. The number of ketones is 1. The predicted octanol–water partition coefficient (Wildman–Crippen LogP) is 1.89. The van der Waals surface area contributed by atoms with Crippen molar-refractivity contribution in [3.63, 3.8) is 0 Å². The molecule has 2 aromatic rings. The molecule has 0 bridgehead atoms. The van der Waals surface area contributed by atoms with Gasteiger partial charge in [0, 0.05) is 17.5 Å². The zero-order chi connectivity index (χ0) is 15.3. The summed E-state index contributed by atoms with van der Waals surface area (Å²) >= 11 is 0. The Morgan fingerprint density at radius 3 is 2.59 bits per heavy atom. The fourth-order valence-electron chi connectivity index (χ4n) is 2.99. The molecule has 1 aliphatic heterocycles. The van der Waals surface area contributed by atoms with Crippen molar-refractivity contribution in [2.45, 2.75) is 18.9 Å². The average molecular weight is 291 g/mol. The van der Waals surface area contributed by atoms with Gasteiger partial charge in [0.15, 0.2) is 5.78 Å². The number of aromatic nitrogens is 1. The third kappa shape index (κ3) is 1.72. The third-order valence-electron chi connectivity index (χ3n) is 4.08. The summed E-state index contributed by atoms with van der Waals surface area (Å²) in [6.45, 7) is 1.66. The number of Topliss-reactive ketones (excluding diaryl/α,β-unsaturated/α-hetero) is 1. The maximum atomic E-state index is 12.9. The lowest BCUT2D eigenvalue weighted by molar-refractivity contribution is -0.118. The lowest BCUT2D eigenvalue weighted by atomic mass is 9.79. The molecule has 108 valence electrons. The van der Waals surface area contributed by atoms with Gasteiger partial charge in [0.1, 0.15) is 17.5 Å². The van der Waals surface area contributed by atoms with Crippen molar-refractivity contribution >= 4 is 23.1 Å². The summed E-state index contributed by atoms with van der Waals surface area (Å²) in [5, 5.41) is 0. The number of nitrogens with zero attached hydrogens (tertiary/aromatic N) is 2. The first kappa shape index (κ1) is 12.9. The summed E-state index contributed by atoms with van der Waals surface area (Å²) in [7, 11) is 0. The minimum Gasteiger partial charge on any atom is -0.364 e. The highest BCUT2D eigenvalue weighted by Crippen LogP contribution is 2.34. The Labute approximate surface area is 126 Å². The molecule has 1 aromatic carbocycles. The van der Waals surface area contributed by atoms with Gasteiger partial charge in [0.05, 0.1) is 5.92 Å². The predicted molar refractivity (Wildman–Crippen MR) is 82.5 cm³/mol. The number of hydrogen-bond acceptors (Lipinski definition) is 3. The van der Waals surface area contributed by atoms with E-state index in [4.69, 9.17) is 0 Å². The molecule has 1 N–H and O–H groups in total. The smallest absolute Gasteiger partial charge is 0.270 e. The Balaban J connectivity index is 1.95. The molecule has 4 rings (SSSR count). The van der Waals surface area contributed by atoms with Crippen LogP contribution >= 0.6 is 0 Å². The molecule has 0 saturated carbocycles. The standard InChI is InChI=1S/C17H13N3O2/c1-9-17(22)20-14-11-7-8-18-13(11)12(16(21)15(14)19-9)10-5-3-2-4-6-10/h2-9,12,18H,1H3. The van der Waals surface area contributed by atoms with Crippen LogP contribution in [0.4, 0.5) is 0 Å². The van der Waals surface area contributed by atoms with Crippen molar-refractivity contribution in [1.82, 2.24) is 4.98 Å². The SMILES string of the molecule is CC1N=C2C(=O)C(c3ccccc3)c3[nH]ccc3C2=NC1=O. The molecule has 1 amide bonds. The zero-order valence-electron chi connectivity index (χ0n) is 11.9. The van der Waals surface area contributed by atoms with Crippen LogP contribution in [0.25, 0.3) is 0 Å². The minimum absolute atomic E-state index is 0.112. The Kier molecular flexibility index (Phi) is 2.69. The van der Waals surface area contributed by atoms with Gasteiger partial charge in [-0.1, -0.05) is 30.3 Å². The molecule has 0 fully saturated rings. The van der Waals surface area contributed by atoms with Gasteiger partial charge in [-0.15, -0.1) is 0 Å². The maximum absolute atomic E-state index is 12.9. The van der Waals surface area contributed by atoms with E-state index in [1.54, 1.807) is 13.1 Å². The van der Waals surface area contributed by atoms with E-state index in [0.717, 1.165) is 16.8 Å². The fourth-order valence-corrected chi connectivity index (χ4v) is 2.99. The Bertz CT molecular complexity index is 846. The maximum Gasteiger partial charge on any atom is 0.270 e. The first-order chi connectivity index (χ1) is 10.7. The number of H-pyrrole nitrogens is 1. The number of carbonyl (C=O) groups is 2. The van der Waals surface area contributed by atoms with Gasteiger partial charge in [0.25, 0.3) is 5.91 Å². The van der Waals surface area contributed by atoms with Crippen LogP contribution in [0.3, 0.4) is 0 Å². The van der Waals surface area contributed by atoms with Gasteiger partial charge in [0.2, 0.25) is 0 Å². The molecule has 2 aliphatic rings. The van der Waals surface area contributed by atoms with Crippen LogP contribution < -0.4 is 0 Å². The van der Waals surface area contributed by atoms with E-state index < -0.39 is 12.0 Å². The Morgan fingerprint density at radius 2 is 1.82 bits per heavy atom. The number of nitrogens with one attached hydrogen (secondary N) is 1. The van der Waals surface area contributed by atoms with Crippen LogP contribution in [0.1, 0.15) is 29.7 Å². The van der Waals surface area contributed by atoms with Gasteiger partial charge in [-0.05, 0) is 18.6 Å². The topological polar surface area (TPSA) is 74.7 Å². The normalized spacial score (nSPS) is 23.5. The number of aliphatic imine (C=N–C) groups is 2. The van der Waals surface area contributed by atoms with Gasteiger partial charge in [-0.3, -0.25) is 14.6 Å². The van der Waals surface area contributed by atoms with Crippen molar-refractivity contribution in [2.24, 2.45) is 9.98 Å². The molecule has 2 unspecified atom stereocenters. The second kappa shape index (κ2) is 4.59. The number of carbonyl (C=O) groups excluding carboxylic acids is 2. The molecule has 1 aromatic heterocycles. The fraction of sp³-hybridized carbons (Fsp3) is 0.176. The lowest BCUT2D eigenvalue weighted by Crippen LogP contribution is -2.41. The molecule has 1 aliphatic carbocycles. The zero-order valence-corrected chi connectivity index (χ0v) is 11.9. The van der Waals surface area contributed by atoms with Crippen LogP contribution in [0.15, 0.2) is 52.6 Å². The van der Waals surface area contributed by atoms with Crippen LogP contribution in [-0.2, 0) is 9.59 Å². The summed E-state index contributed by atoms with van der Waals surface area (Å²) in [5.41, 5.74) is 3.18. The van der Waals surface area contributed by atoms with Gasteiger partial charge in [-0.25, -0.2) is 4.99 Å². The van der Waals surface area contributed by atoms with Crippen molar-refractivity contribution in [3.05, 3.63) is 59.4 Å². The second-order valence-electron chi connectivity index (χ2n) is 5.47. The Hall–Kier alpha value is -2.82. The summed E-state index contributed by atoms with van der Waals surface area (Å²) in [5.74, 6) is -0.847. The molecule has 0 radical (unpaired) electrons. The van der Waals surface area contributed by atoms with Gasteiger partial charge >= 0.3 is 0 Å². The molecule has 5 nitrogen and oxygen atoms in total. The highest BCUT2D eigenvalue weighted by Gasteiger charge is 2.41. The highest BCUT2D eigenvalue weighted by molar-refractivity contribution is 6.74. The minimum atomic E-state index is -0.598. The van der Waals surface area contributed by atoms with Crippen LogP contribution in [-0.4, -0.2) is 34.1 Å². The van der Waals surface area contributed by atoms with Crippen molar-refractivity contribution < 1.29 is 9.59 Å². The number of fused-ring (bicyclic) bond motifs is 3. The quantitative estimate of drug-likeness (QED) is 0.871. The largest absolute Gasteiger partial charge is 0.364 e. The van der Waals surface area contributed by atoms with Crippen LogP contribution in [0.5, 0.6) is 0 Å². The van der Waals surface area contributed by atoms with Crippen molar-refractivity contribution in [2.75, 3.05) is 0 Å².